The van der Waals surface area contributed by atoms with Crippen molar-refractivity contribution in [3.05, 3.63) is 12.2 Å². The van der Waals surface area contributed by atoms with Crippen LogP contribution in [0, 0.1) is 5.92 Å². The number of hydrogen-bond acceptors (Lipinski definition) is 5. The smallest absolute Gasteiger partial charge is 0.402 e. The van der Waals surface area contributed by atoms with Crippen LogP contribution in [0.15, 0.2) is 12.2 Å². The van der Waals surface area contributed by atoms with Crippen molar-refractivity contribution in [2.75, 3.05) is 0 Å². The molecular formula is C11H23BO5. The van der Waals surface area contributed by atoms with Crippen LogP contribution in [0.1, 0.15) is 40.0 Å². The van der Waals surface area contributed by atoms with Gasteiger partial charge in [0.15, 0.2) is 0 Å². The zero-order valence-corrected chi connectivity index (χ0v) is 10.7. The molecule has 1 unspecified atom stereocenters. The lowest BCUT2D eigenvalue weighted by Gasteiger charge is -2.34. The van der Waals surface area contributed by atoms with Crippen LogP contribution in [0.4, 0.5) is 0 Å². The highest BCUT2D eigenvalue weighted by molar-refractivity contribution is 6.30. The maximum Gasteiger partial charge on any atom is 0.631 e. The predicted molar refractivity (Wildman–Crippen MR) is 65.8 cm³/mol. The summed E-state index contributed by atoms with van der Waals surface area (Å²) in [6.45, 7) is 4.94. The van der Waals surface area contributed by atoms with Gasteiger partial charge in [-0.05, 0) is 46.0 Å². The number of allylic oxidation sites excluding steroid dienone is 1. The summed E-state index contributed by atoms with van der Waals surface area (Å²) in [5, 5.41) is 41.0. The first-order valence-corrected chi connectivity index (χ1v) is 5.72. The van der Waals surface area contributed by atoms with Gasteiger partial charge in [-0.25, -0.2) is 0 Å². The van der Waals surface area contributed by atoms with Crippen molar-refractivity contribution in [2.45, 2.75) is 51.2 Å². The number of aliphatic hydroxyl groups is 2. The summed E-state index contributed by atoms with van der Waals surface area (Å²) in [5.74, 6) is 0.734. The minimum Gasteiger partial charge on any atom is -0.402 e. The average molecular weight is 246 g/mol. The lowest BCUT2D eigenvalue weighted by Crippen LogP contribution is -2.47. The van der Waals surface area contributed by atoms with E-state index in [-0.39, 0.29) is 0 Å². The molecule has 100 valence electrons. The second kappa shape index (κ2) is 6.51. The molecule has 6 heteroatoms. The molecule has 1 aliphatic carbocycles. The lowest BCUT2D eigenvalue weighted by molar-refractivity contribution is -0.117. The molecule has 0 heterocycles. The lowest BCUT2D eigenvalue weighted by atomic mass is 9.85. The molecule has 0 spiro atoms. The van der Waals surface area contributed by atoms with Crippen LogP contribution in [-0.2, 0) is 0 Å². The maximum atomic E-state index is 9.88. The molecule has 0 aromatic heterocycles. The van der Waals surface area contributed by atoms with E-state index in [1.54, 1.807) is 20.8 Å². The van der Waals surface area contributed by atoms with Crippen molar-refractivity contribution in [3.63, 3.8) is 0 Å². The third-order valence-electron chi connectivity index (χ3n) is 2.86. The van der Waals surface area contributed by atoms with Gasteiger partial charge in [0.2, 0.25) is 0 Å². The highest BCUT2D eigenvalue weighted by Crippen LogP contribution is 2.31. The van der Waals surface area contributed by atoms with Crippen molar-refractivity contribution in [1.82, 2.24) is 0 Å². The Kier molecular flexibility index (Phi) is 6.36. The van der Waals surface area contributed by atoms with Crippen LogP contribution < -0.4 is 0 Å². The summed E-state index contributed by atoms with van der Waals surface area (Å²) in [6, 6.07) is 0. The van der Waals surface area contributed by atoms with Crippen LogP contribution in [0.2, 0.25) is 0 Å². The summed E-state index contributed by atoms with van der Waals surface area (Å²) >= 11 is 0. The van der Waals surface area contributed by atoms with Gasteiger partial charge < -0.3 is 25.3 Å². The van der Waals surface area contributed by atoms with E-state index in [0.29, 0.717) is 6.42 Å². The molecule has 0 aromatic rings. The molecule has 0 aromatic carbocycles. The van der Waals surface area contributed by atoms with E-state index in [1.807, 2.05) is 6.08 Å². The molecule has 0 aliphatic heterocycles. The molecule has 0 saturated heterocycles. The monoisotopic (exact) mass is 246 g/mol. The fraction of sp³-hybridized carbons (Fsp3) is 0.818. The third kappa shape index (κ3) is 8.34. The SMILES string of the molecule is CC(C)(O)C(C)(O)C/C=C/C1CC1.OB(O)O. The molecule has 0 radical (unpaired) electrons. The normalized spacial score (nSPS) is 19.5. The number of rotatable bonds is 4. The second-order valence-corrected chi connectivity index (χ2v) is 5.15. The highest BCUT2D eigenvalue weighted by atomic mass is 16.5. The molecule has 5 nitrogen and oxygen atoms in total. The van der Waals surface area contributed by atoms with E-state index in [9.17, 15) is 10.2 Å². The maximum absolute atomic E-state index is 9.88. The van der Waals surface area contributed by atoms with Gasteiger partial charge in [0.05, 0.1) is 11.2 Å². The van der Waals surface area contributed by atoms with Gasteiger partial charge >= 0.3 is 7.32 Å². The average Bonchev–Trinajstić information content (AvgIpc) is 2.84. The standard InChI is InChI=1S/C11H20O2.BH3O3/c1-10(2,12)11(3,13)8-4-5-9-6-7-9;2-1(3)4/h4-5,9,12-13H,6-8H2,1-3H3;2-4H/b5-4+;. The van der Waals surface area contributed by atoms with Crippen LogP contribution in [-0.4, -0.2) is 43.8 Å². The van der Waals surface area contributed by atoms with E-state index in [1.165, 1.54) is 12.8 Å². The zero-order valence-electron chi connectivity index (χ0n) is 10.7. The van der Waals surface area contributed by atoms with Gasteiger partial charge in [0.25, 0.3) is 0 Å². The van der Waals surface area contributed by atoms with Crippen molar-refractivity contribution in [2.24, 2.45) is 5.92 Å². The van der Waals surface area contributed by atoms with E-state index < -0.39 is 18.5 Å². The first-order valence-electron chi connectivity index (χ1n) is 5.72. The topological polar surface area (TPSA) is 101 Å². The van der Waals surface area contributed by atoms with E-state index in [2.05, 4.69) is 6.08 Å². The van der Waals surface area contributed by atoms with Crippen LogP contribution in [0.3, 0.4) is 0 Å². The number of hydrogen-bond donors (Lipinski definition) is 5. The van der Waals surface area contributed by atoms with Gasteiger partial charge in [-0.2, -0.15) is 0 Å². The minimum absolute atomic E-state index is 0.521. The molecule has 17 heavy (non-hydrogen) atoms. The Balaban J connectivity index is 0.000000557. The molecule has 1 aliphatic rings. The Hall–Kier alpha value is -0.395. The molecule has 0 amide bonds. The van der Waals surface area contributed by atoms with Crippen LogP contribution in [0.25, 0.3) is 0 Å². The van der Waals surface area contributed by atoms with E-state index in [4.69, 9.17) is 15.1 Å². The largest absolute Gasteiger partial charge is 0.631 e. The van der Waals surface area contributed by atoms with E-state index in [0.717, 1.165) is 5.92 Å². The summed E-state index contributed by atoms with van der Waals surface area (Å²) < 4.78 is 0. The molecule has 5 N–H and O–H groups in total. The molecule has 1 saturated carbocycles. The minimum atomic E-state index is -2.17. The third-order valence-corrected chi connectivity index (χ3v) is 2.86. The molecular weight excluding hydrogens is 223 g/mol. The van der Waals surface area contributed by atoms with Crippen molar-refractivity contribution < 1.29 is 25.3 Å². The quantitative estimate of drug-likeness (QED) is 0.349. The van der Waals surface area contributed by atoms with Crippen molar-refractivity contribution in [1.29, 1.82) is 0 Å². The fourth-order valence-corrected chi connectivity index (χ4v) is 1.03. The summed E-state index contributed by atoms with van der Waals surface area (Å²) in [4.78, 5) is 0. The predicted octanol–water partition coefficient (Wildman–Crippen LogP) is -0.187. The first kappa shape index (κ1) is 16.6. The summed E-state index contributed by atoms with van der Waals surface area (Å²) in [5.41, 5.74) is -2.07. The Morgan fingerprint density at radius 3 is 1.82 bits per heavy atom. The fourth-order valence-electron chi connectivity index (χ4n) is 1.03. The second-order valence-electron chi connectivity index (χ2n) is 5.15. The summed E-state index contributed by atoms with van der Waals surface area (Å²) in [6.07, 6.45) is 7.20. The van der Waals surface area contributed by atoms with Gasteiger partial charge in [0, 0.05) is 0 Å². The van der Waals surface area contributed by atoms with Gasteiger partial charge in [-0.3, -0.25) is 0 Å². The molecule has 1 fully saturated rings. The Bertz CT molecular complexity index is 238. The Morgan fingerprint density at radius 1 is 1.12 bits per heavy atom. The molecule has 0 bridgehead atoms. The van der Waals surface area contributed by atoms with Crippen LogP contribution >= 0.6 is 0 Å². The molecule has 1 rings (SSSR count). The highest BCUT2D eigenvalue weighted by Gasteiger charge is 2.36. The van der Waals surface area contributed by atoms with Gasteiger partial charge in [-0.15, -0.1) is 0 Å². The molecule has 1 atom stereocenters. The van der Waals surface area contributed by atoms with Crippen molar-refractivity contribution in [3.8, 4) is 0 Å². The Labute approximate surface area is 103 Å². The van der Waals surface area contributed by atoms with E-state index >= 15 is 0 Å². The zero-order chi connectivity index (χ0) is 13.7. The summed E-state index contributed by atoms with van der Waals surface area (Å²) in [7, 11) is -2.17. The van der Waals surface area contributed by atoms with Gasteiger partial charge in [-0.1, -0.05) is 12.2 Å². The van der Waals surface area contributed by atoms with Gasteiger partial charge in [0.1, 0.15) is 0 Å². The first-order chi connectivity index (χ1) is 7.56. The Morgan fingerprint density at radius 2 is 1.53 bits per heavy atom. The van der Waals surface area contributed by atoms with Crippen LogP contribution in [0.5, 0.6) is 0 Å². The van der Waals surface area contributed by atoms with Crippen molar-refractivity contribution >= 4 is 7.32 Å².